The van der Waals surface area contributed by atoms with Crippen LogP contribution in [0.4, 0.5) is 5.69 Å². The monoisotopic (exact) mass is 282 g/mol. The number of halogens is 2. The zero-order chi connectivity index (χ0) is 13.1. The van der Waals surface area contributed by atoms with Gasteiger partial charge in [-0.05, 0) is 36.8 Å². The van der Waals surface area contributed by atoms with Gasteiger partial charge in [0.25, 0.3) is 0 Å². The van der Waals surface area contributed by atoms with Gasteiger partial charge in [0, 0.05) is 23.3 Å². The molecule has 1 heterocycles. The van der Waals surface area contributed by atoms with Gasteiger partial charge >= 0.3 is 0 Å². The quantitative estimate of drug-likeness (QED) is 0.836. The van der Waals surface area contributed by atoms with Gasteiger partial charge in [0.1, 0.15) is 5.75 Å². The first kappa shape index (κ1) is 13.0. The summed E-state index contributed by atoms with van der Waals surface area (Å²) >= 11 is 11.8. The number of phenolic OH excluding ortho intramolecular Hbond substituents is 1. The maximum Gasteiger partial charge on any atom is 0.152 e. The fraction of sp³-hybridized carbons (Fsp3) is 0.154. The van der Waals surface area contributed by atoms with Crippen LogP contribution in [-0.2, 0) is 6.54 Å². The number of aromatic nitrogens is 1. The first-order chi connectivity index (χ1) is 8.56. The summed E-state index contributed by atoms with van der Waals surface area (Å²) in [5, 5.41) is 13.8. The first-order valence-electron chi connectivity index (χ1n) is 5.39. The van der Waals surface area contributed by atoms with Crippen molar-refractivity contribution >= 4 is 28.9 Å². The maximum atomic E-state index is 9.69. The van der Waals surface area contributed by atoms with Crippen molar-refractivity contribution in [1.29, 1.82) is 0 Å². The predicted octanol–water partition coefficient (Wildman–Crippen LogP) is 4.01. The van der Waals surface area contributed by atoms with Gasteiger partial charge in [-0.1, -0.05) is 23.2 Å². The summed E-state index contributed by atoms with van der Waals surface area (Å²) in [7, 11) is 0. The fourth-order valence-corrected chi connectivity index (χ4v) is 1.93. The molecule has 5 heteroatoms. The van der Waals surface area contributed by atoms with Crippen molar-refractivity contribution < 1.29 is 5.11 Å². The third-order valence-corrected chi connectivity index (χ3v) is 3.02. The summed E-state index contributed by atoms with van der Waals surface area (Å²) < 4.78 is 0. The number of rotatable bonds is 3. The summed E-state index contributed by atoms with van der Waals surface area (Å²) in [6, 6.07) is 6.81. The Kier molecular flexibility index (Phi) is 3.94. The number of anilines is 1. The second kappa shape index (κ2) is 5.46. The van der Waals surface area contributed by atoms with Gasteiger partial charge in [-0.3, -0.25) is 0 Å². The Morgan fingerprint density at radius 1 is 1.28 bits per heavy atom. The van der Waals surface area contributed by atoms with Crippen LogP contribution in [0.3, 0.4) is 0 Å². The second-order valence-corrected chi connectivity index (χ2v) is 4.77. The largest absolute Gasteiger partial charge is 0.508 e. The molecule has 2 N–H and O–H groups in total. The van der Waals surface area contributed by atoms with E-state index >= 15 is 0 Å². The number of hydrogen-bond acceptors (Lipinski definition) is 3. The maximum absolute atomic E-state index is 9.69. The van der Waals surface area contributed by atoms with Gasteiger partial charge in [-0.15, -0.1) is 0 Å². The molecule has 2 rings (SSSR count). The van der Waals surface area contributed by atoms with Crippen LogP contribution in [0.25, 0.3) is 0 Å². The van der Waals surface area contributed by atoms with Crippen LogP contribution in [0.15, 0.2) is 30.5 Å². The molecule has 0 saturated heterocycles. The van der Waals surface area contributed by atoms with Crippen molar-refractivity contribution in [3.8, 4) is 5.75 Å². The van der Waals surface area contributed by atoms with E-state index in [1.165, 1.54) is 0 Å². The highest BCUT2D eigenvalue weighted by atomic mass is 35.5. The second-order valence-electron chi connectivity index (χ2n) is 3.98. The molecule has 0 aliphatic carbocycles. The summed E-state index contributed by atoms with van der Waals surface area (Å²) in [4.78, 5) is 4.05. The lowest BCUT2D eigenvalue weighted by Crippen LogP contribution is -2.01. The third kappa shape index (κ3) is 3.06. The van der Waals surface area contributed by atoms with Crippen molar-refractivity contribution in [3.63, 3.8) is 0 Å². The van der Waals surface area contributed by atoms with Crippen LogP contribution in [0, 0.1) is 6.92 Å². The molecule has 0 amide bonds. The predicted molar refractivity (Wildman–Crippen MR) is 74.4 cm³/mol. The molecule has 0 fully saturated rings. The molecule has 3 nitrogen and oxygen atoms in total. The Bertz CT molecular complexity index is 521. The lowest BCUT2D eigenvalue weighted by atomic mass is 10.2. The van der Waals surface area contributed by atoms with Crippen molar-refractivity contribution in [2.45, 2.75) is 13.5 Å². The minimum atomic E-state index is 0.198. The van der Waals surface area contributed by atoms with E-state index in [9.17, 15) is 5.11 Å². The number of hydrogen-bond donors (Lipinski definition) is 2. The van der Waals surface area contributed by atoms with E-state index in [1.54, 1.807) is 24.4 Å². The normalized spacial score (nSPS) is 10.4. The van der Waals surface area contributed by atoms with Crippen molar-refractivity contribution in [3.05, 3.63) is 51.8 Å². The van der Waals surface area contributed by atoms with E-state index in [4.69, 9.17) is 23.2 Å². The van der Waals surface area contributed by atoms with Gasteiger partial charge < -0.3 is 10.4 Å². The number of aromatic hydroxyl groups is 1. The topological polar surface area (TPSA) is 45.2 Å². The van der Waals surface area contributed by atoms with E-state index in [2.05, 4.69) is 10.3 Å². The minimum absolute atomic E-state index is 0.198. The molecule has 0 aliphatic rings. The lowest BCUT2D eigenvalue weighted by molar-refractivity contribution is 0.469. The van der Waals surface area contributed by atoms with Crippen LogP contribution >= 0.6 is 23.2 Å². The Hall–Kier alpha value is -1.45. The zero-order valence-corrected chi connectivity index (χ0v) is 11.3. The summed E-state index contributed by atoms with van der Waals surface area (Å²) in [6.45, 7) is 2.36. The molecule has 18 heavy (non-hydrogen) atoms. The number of nitrogens with one attached hydrogen (secondary N) is 1. The minimum Gasteiger partial charge on any atom is -0.508 e. The van der Waals surface area contributed by atoms with E-state index in [0.29, 0.717) is 22.3 Å². The number of phenols is 1. The lowest BCUT2D eigenvalue weighted by Gasteiger charge is -2.10. The average Bonchev–Trinajstić information content (AvgIpc) is 2.34. The molecule has 1 aromatic heterocycles. The van der Waals surface area contributed by atoms with Crippen LogP contribution < -0.4 is 5.32 Å². The Labute approximate surface area is 115 Å². The van der Waals surface area contributed by atoms with Gasteiger partial charge in [-0.25, -0.2) is 4.98 Å². The number of benzene rings is 1. The molecule has 0 bridgehead atoms. The summed E-state index contributed by atoms with van der Waals surface area (Å²) in [5.74, 6) is 0.198. The summed E-state index contributed by atoms with van der Waals surface area (Å²) in [5.41, 5.74) is 2.45. The van der Waals surface area contributed by atoms with E-state index in [-0.39, 0.29) is 5.75 Å². The van der Waals surface area contributed by atoms with E-state index < -0.39 is 0 Å². The molecule has 0 aliphatic heterocycles. The van der Waals surface area contributed by atoms with Crippen LogP contribution in [0.5, 0.6) is 5.75 Å². The van der Waals surface area contributed by atoms with Gasteiger partial charge in [-0.2, -0.15) is 0 Å². The third-order valence-electron chi connectivity index (χ3n) is 2.49. The molecule has 2 aromatic rings. The SMILES string of the molecule is Cc1cnc(Cl)c(NCc2cc(Cl)ccc2O)c1. The molecule has 0 atom stereocenters. The average molecular weight is 283 g/mol. The molecule has 0 spiro atoms. The van der Waals surface area contributed by atoms with Crippen molar-refractivity contribution in [2.75, 3.05) is 5.32 Å². The van der Waals surface area contributed by atoms with Crippen molar-refractivity contribution in [1.82, 2.24) is 4.98 Å². The highest BCUT2D eigenvalue weighted by Gasteiger charge is 2.05. The van der Waals surface area contributed by atoms with Crippen molar-refractivity contribution in [2.24, 2.45) is 0 Å². The molecule has 1 aromatic carbocycles. The Morgan fingerprint density at radius 2 is 2.06 bits per heavy atom. The smallest absolute Gasteiger partial charge is 0.152 e. The fourth-order valence-electron chi connectivity index (χ4n) is 1.56. The van der Waals surface area contributed by atoms with Crippen LogP contribution in [-0.4, -0.2) is 10.1 Å². The Balaban J connectivity index is 2.16. The molecule has 0 radical (unpaired) electrons. The zero-order valence-electron chi connectivity index (χ0n) is 9.74. The first-order valence-corrected chi connectivity index (χ1v) is 6.15. The van der Waals surface area contributed by atoms with Crippen LogP contribution in [0.2, 0.25) is 10.2 Å². The van der Waals surface area contributed by atoms with Gasteiger partial charge in [0.05, 0.1) is 5.69 Å². The van der Waals surface area contributed by atoms with E-state index in [0.717, 1.165) is 11.3 Å². The van der Waals surface area contributed by atoms with Crippen LogP contribution in [0.1, 0.15) is 11.1 Å². The number of pyridine rings is 1. The Morgan fingerprint density at radius 3 is 2.83 bits per heavy atom. The highest BCUT2D eigenvalue weighted by Crippen LogP contribution is 2.25. The van der Waals surface area contributed by atoms with Gasteiger partial charge in [0.2, 0.25) is 0 Å². The number of nitrogens with zero attached hydrogens (tertiary/aromatic N) is 1. The molecular formula is C13H12Cl2N2O. The molecule has 0 saturated carbocycles. The highest BCUT2D eigenvalue weighted by molar-refractivity contribution is 6.32. The standard InChI is InChI=1S/C13H12Cl2N2O/c1-8-4-11(13(15)17-6-8)16-7-9-5-10(14)2-3-12(9)18/h2-6,16,18H,7H2,1H3. The molecule has 94 valence electrons. The van der Waals surface area contributed by atoms with Gasteiger partial charge in [0.15, 0.2) is 5.15 Å². The summed E-state index contributed by atoms with van der Waals surface area (Å²) in [6.07, 6.45) is 1.70. The molecular weight excluding hydrogens is 271 g/mol. The number of aryl methyl sites for hydroxylation is 1. The molecule has 0 unspecified atom stereocenters. The van der Waals surface area contributed by atoms with E-state index in [1.807, 2.05) is 13.0 Å².